The fourth-order valence-electron chi connectivity index (χ4n) is 3.21. The second-order valence-corrected chi connectivity index (χ2v) is 6.82. The Morgan fingerprint density at radius 3 is 2.61 bits per heavy atom. The Labute approximate surface area is 163 Å². The van der Waals surface area contributed by atoms with Crippen molar-refractivity contribution in [1.29, 1.82) is 0 Å². The smallest absolute Gasteiger partial charge is 0.304 e. The number of aliphatic carboxylic acids is 1. The molecule has 1 aliphatic rings. The van der Waals surface area contributed by atoms with Gasteiger partial charge >= 0.3 is 5.97 Å². The van der Waals surface area contributed by atoms with E-state index in [-0.39, 0.29) is 6.42 Å². The second-order valence-electron chi connectivity index (χ2n) is 6.82. The third-order valence-corrected chi connectivity index (χ3v) is 4.72. The van der Waals surface area contributed by atoms with Gasteiger partial charge in [-0.05, 0) is 29.8 Å². The molecule has 0 spiro atoms. The Bertz CT molecular complexity index is 959. The van der Waals surface area contributed by atoms with Gasteiger partial charge in [-0.25, -0.2) is 9.97 Å². The molecule has 142 valence electrons. The average Bonchev–Trinajstić information content (AvgIpc) is 3.14. The van der Waals surface area contributed by atoms with Crippen molar-refractivity contribution in [2.45, 2.75) is 26.1 Å². The molecule has 3 aromatic rings. The zero-order valence-corrected chi connectivity index (χ0v) is 15.4. The van der Waals surface area contributed by atoms with Gasteiger partial charge in [-0.1, -0.05) is 30.3 Å². The van der Waals surface area contributed by atoms with Crippen molar-refractivity contribution in [3.05, 3.63) is 77.6 Å². The largest absolute Gasteiger partial charge is 0.489 e. The molecule has 0 bridgehead atoms. The topological polar surface area (TPSA) is 75.5 Å². The summed E-state index contributed by atoms with van der Waals surface area (Å²) in [5.41, 5.74) is 4.09. The summed E-state index contributed by atoms with van der Waals surface area (Å²) in [6.45, 7) is 2.42. The van der Waals surface area contributed by atoms with Crippen molar-refractivity contribution in [3.8, 4) is 17.1 Å². The van der Waals surface area contributed by atoms with Crippen LogP contribution in [0.25, 0.3) is 11.4 Å². The Hall–Kier alpha value is -3.25. The molecular weight excluding hydrogens is 354 g/mol. The first-order valence-electron chi connectivity index (χ1n) is 9.23. The van der Waals surface area contributed by atoms with E-state index in [0.717, 1.165) is 28.1 Å². The first-order chi connectivity index (χ1) is 13.7. The second kappa shape index (κ2) is 8.19. The molecule has 0 fully saturated rings. The zero-order chi connectivity index (χ0) is 19.3. The summed E-state index contributed by atoms with van der Waals surface area (Å²) in [6, 6.07) is 17.8. The highest BCUT2D eigenvalue weighted by Crippen LogP contribution is 2.25. The molecule has 4 rings (SSSR count). The summed E-state index contributed by atoms with van der Waals surface area (Å²) in [6.07, 6.45) is 1.98. The normalized spacial score (nSPS) is 13.3. The standard InChI is InChI=1S/C22H21N3O3/c26-21(27)10-11-25-13-18-12-23-22(24-20(18)14-25)17-6-8-19(9-7-17)28-15-16-4-2-1-3-5-16/h1-9,12H,10-11,13-15H2,(H,26,27). The van der Waals surface area contributed by atoms with E-state index in [1.807, 2.05) is 60.8 Å². The molecule has 1 N–H and O–H groups in total. The van der Waals surface area contributed by atoms with Crippen LogP contribution in [0.4, 0.5) is 0 Å². The number of hydrogen-bond donors (Lipinski definition) is 1. The lowest BCUT2D eigenvalue weighted by molar-refractivity contribution is -0.137. The Balaban J connectivity index is 1.40. The predicted molar refractivity (Wildman–Crippen MR) is 105 cm³/mol. The van der Waals surface area contributed by atoms with Crippen LogP contribution in [0.1, 0.15) is 23.2 Å². The molecule has 0 radical (unpaired) electrons. The summed E-state index contributed by atoms with van der Waals surface area (Å²) in [5, 5.41) is 8.84. The number of ether oxygens (including phenoxy) is 1. The van der Waals surface area contributed by atoms with Crippen LogP contribution in [0.2, 0.25) is 0 Å². The molecule has 6 heteroatoms. The fraction of sp³-hybridized carbons (Fsp3) is 0.227. The summed E-state index contributed by atoms with van der Waals surface area (Å²) >= 11 is 0. The van der Waals surface area contributed by atoms with Crippen LogP contribution in [-0.2, 0) is 24.5 Å². The molecule has 0 saturated carbocycles. The van der Waals surface area contributed by atoms with Gasteiger partial charge in [0.2, 0.25) is 0 Å². The summed E-state index contributed by atoms with van der Waals surface area (Å²) in [7, 11) is 0. The molecule has 0 aliphatic carbocycles. The van der Waals surface area contributed by atoms with E-state index in [1.54, 1.807) is 0 Å². The minimum atomic E-state index is -0.780. The molecule has 2 aromatic carbocycles. The first-order valence-corrected chi connectivity index (χ1v) is 9.23. The zero-order valence-electron chi connectivity index (χ0n) is 15.4. The van der Waals surface area contributed by atoms with Crippen molar-refractivity contribution in [2.24, 2.45) is 0 Å². The van der Waals surface area contributed by atoms with E-state index < -0.39 is 5.97 Å². The van der Waals surface area contributed by atoms with Crippen molar-refractivity contribution in [1.82, 2.24) is 14.9 Å². The Morgan fingerprint density at radius 1 is 1.07 bits per heavy atom. The number of nitrogens with zero attached hydrogens (tertiary/aromatic N) is 3. The molecule has 6 nitrogen and oxygen atoms in total. The lowest BCUT2D eigenvalue weighted by Crippen LogP contribution is -2.20. The lowest BCUT2D eigenvalue weighted by Gasteiger charge is -2.11. The highest BCUT2D eigenvalue weighted by molar-refractivity contribution is 5.66. The molecule has 0 unspecified atom stereocenters. The molecule has 1 aromatic heterocycles. The summed E-state index contributed by atoms with van der Waals surface area (Å²) < 4.78 is 5.82. The third kappa shape index (κ3) is 4.35. The van der Waals surface area contributed by atoms with Gasteiger partial charge < -0.3 is 9.84 Å². The molecule has 0 atom stereocenters. The lowest BCUT2D eigenvalue weighted by atomic mass is 10.2. The van der Waals surface area contributed by atoms with E-state index in [0.29, 0.717) is 32.1 Å². The monoisotopic (exact) mass is 375 g/mol. The summed E-state index contributed by atoms with van der Waals surface area (Å²) in [5.74, 6) is 0.694. The molecule has 0 saturated heterocycles. The number of benzene rings is 2. The number of carboxylic acid groups (broad SMARTS) is 1. The van der Waals surface area contributed by atoms with E-state index in [2.05, 4.69) is 14.9 Å². The van der Waals surface area contributed by atoms with E-state index in [9.17, 15) is 4.79 Å². The number of fused-ring (bicyclic) bond motifs is 1. The quantitative estimate of drug-likeness (QED) is 0.681. The maximum atomic E-state index is 10.8. The van der Waals surface area contributed by atoms with Crippen LogP contribution in [0.5, 0.6) is 5.75 Å². The van der Waals surface area contributed by atoms with Gasteiger partial charge in [0.25, 0.3) is 0 Å². The van der Waals surface area contributed by atoms with Crippen LogP contribution in [0.3, 0.4) is 0 Å². The number of carbonyl (C=O) groups is 1. The third-order valence-electron chi connectivity index (χ3n) is 4.72. The van der Waals surface area contributed by atoms with Gasteiger partial charge in [-0.3, -0.25) is 9.69 Å². The summed E-state index contributed by atoms with van der Waals surface area (Å²) in [4.78, 5) is 22.0. The SMILES string of the molecule is O=C(O)CCN1Cc2cnc(-c3ccc(OCc4ccccc4)cc3)nc2C1. The fourth-order valence-corrected chi connectivity index (χ4v) is 3.21. The van der Waals surface area contributed by atoms with E-state index in [1.165, 1.54) is 0 Å². The first kappa shape index (κ1) is 18.1. The molecular formula is C22H21N3O3. The van der Waals surface area contributed by atoms with Gasteiger partial charge in [0, 0.05) is 37.0 Å². The van der Waals surface area contributed by atoms with Gasteiger partial charge in [0.1, 0.15) is 12.4 Å². The van der Waals surface area contributed by atoms with Gasteiger partial charge in [-0.15, -0.1) is 0 Å². The highest BCUT2D eigenvalue weighted by atomic mass is 16.5. The molecule has 2 heterocycles. The van der Waals surface area contributed by atoms with Crippen molar-refractivity contribution >= 4 is 5.97 Å². The number of carboxylic acids is 1. The predicted octanol–water partition coefficient (Wildman–Crippen LogP) is 3.51. The highest BCUT2D eigenvalue weighted by Gasteiger charge is 2.21. The van der Waals surface area contributed by atoms with Gasteiger partial charge in [0.05, 0.1) is 12.1 Å². The Morgan fingerprint density at radius 2 is 1.86 bits per heavy atom. The van der Waals surface area contributed by atoms with Gasteiger partial charge in [0.15, 0.2) is 5.82 Å². The maximum Gasteiger partial charge on any atom is 0.304 e. The van der Waals surface area contributed by atoms with Crippen LogP contribution >= 0.6 is 0 Å². The number of rotatable bonds is 7. The van der Waals surface area contributed by atoms with E-state index in [4.69, 9.17) is 9.84 Å². The molecule has 28 heavy (non-hydrogen) atoms. The number of hydrogen-bond acceptors (Lipinski definition) is 5. The average molecular weight is 375 g/mol. The van der Waals surface area contributed by atoms with Crippen LogP contribution in [-0.4, -0.2) is 32.5 Å². The van der Waals surface area contributed by atoms with Crippen LogP contribution in [0.15, 0.2) is 60.8 Å². The van der Waals surface area contributed by atoms with E-state index >= 15 is 0 Å². The van der Waals surface area contributed by atoms with Crippen molar-refractivity contribution in [2.75, 3.05) is 6.54 Å². The van der Waals surface area contributed by atoms with Crippen LogP contribution in [0, 0.1) is 0 Å². The van der Waals surface area contributed by atoms with Crippen LogP contribution < -0.4 is 4.74 Å². The van der Waals surface area contributed by atoms with Crippen molar-refractivity contribution in [3.63, 3.8) is 0 Å². The van der Waals surface area contributed by atoms with Crippen molar-refractivity contribution < 1.29 is 14.6 Å². The number of aromatic nitrogens is 2. The molecule has 1 aliphatic heterocycles. The minimum Gasteiger partial charge on any atom is -0.489 e. The maximum absolute atomic E-state index is 10.8. The Kier molecular flexibility index (Phi) is 5.30. The minimum absolute atomic E-state index is 0.138. The van der Waals surface area contributed by atoms with Gasteiger partial charge in [-0.2, -0.15) is 0 Å². The molecule has 0 amide bonds.